The third-order valence-corrected chi connectivity index (χ3v) is 2.34. The molecule has 2 heterocycles. The molecule has 1 N–H and O–H groups in total. The number of hydrogen-bond acceptors (Lipinski definition) is 4. The molecule has 17 heavy (non-hydrogen) atoms. The van der Waals surface area contributed by atoms with Crippen LogP contribution in [0, 0.1) is 6.92 Å². The van der Waals surface area contributed by atoms with Crippen molar-refractivity contribution in [1.29, 1.82) is 0 Å². The van der Waals surface area contributed by atoms with Gasteiger partial charge in [-0.3, -0.25) is 19.7 Å². The SMILES string of the molecule is Cc1cccc(C(=O)N2CC(=O)NC(=O)C2)n1. The Hall–Kier alpha value is -2.24. The molecular weight excluding hydrogens is 222 g/mol. The van der Waals surface area contributed by atoms with Crippen LogP contribution in [-0.2, 0) is 9.59 Å². The summed E-state index contributed by atoms with van der Waals surface area (Å²) in [4.78, 5) is 39.5. The average molecular weight is 233 g/mol. The quantitative estimate of drug-likeness (QED) is 0.662. The minimum Gasteiger partial charge on any atom is -0.319 e. The molecule has 1 aromatic heterocycles. The van der Waals surface area contributed by atoms with E-state index in [2.05, 4.69) is 10.3 Å². The summed E-state index contributed by atoms with van der Waals surface area (Å²) in [6, 6.07) is 5.04. The van der Waals surface area contributed by atoms with E-state index in [1.54, 1.807) is 25.1 Å². The van der Waals surface area contributed by atoms with Crippen LogP contribution in [0.2, 0.25) is 0 Å². The predicted molar refractivity (Wildman–Crippen MR) is 58.0 cm³/mol. The predicted octanol–water partition coefficient (Wildman–Crippen LogP) is -0.511. The van der Waals surface area contributed by atoms with Crippen molar-refractivity contribution in [2.24, 2.45) is 0 Å². The van der Waals surface area contributed by atoms with E-state index in [1.807, 2.05) is 0 Å². The Labute approximate surface area is 97.6 Å². The fraction of sp³-hybridized carbons (Fsp3) is 0.273. The summed E-state index contributed by atoms with van der Waals surface area (Å²) in [6.07, 6.45) is 0. The van der Waals surface area contributed by atoms with E-state index in [0.717, 1.165) is 0 Å². The summed E-state index contributed by atoms with van der Waals surface area (Å²) >= 11 is 0. The van der Waals surface area contributed by atoms with Crippen molar-refractivity contribution in [2.45, 2.75) is 6.92 Å². The summed E-state index contributed by atoms with van der Waals surface area (Å²) in [5.74, 6) is -1.35. The number of rotatable bonds is 1. The van der Waals surface area contributed by atoms with Crippen LogP contribution in [-0.4, -0.2) is 40.7 Å². The fourth-order valence-corrected chi connectivity index (χ4v) is 1.60. The first-order valence-corrected chi connectivity index (χ1v) is 5.12. The number of aryl methyl sites for hydroxylation is 1. The summed E-state index contributed by atoms with van der Waals surface area (Å²) in [7, 11) is 0. The Morgan fingerprint density at radius 2 is 1.94 bits per heavy atom. The fourth-order valence-electron chi connectivity index (χ4n) is 1.60. The molecule has 0 radical (unpaired) electrons. The molecule has 0 saturated carbocycles. The standard InChI is InChI=1S/C11H11N3O3/c1-7-3-2-4-8(12-7)11(17)14-5-9(15)13-10(16)6-14/h2-4H,5-6H2,1H3,(H,13,15,16). The van der Waals surface area contributed by atoms with Crippen molar-refractivity contribution >= 4 is 17.7 Å². The molecule has 1 aliphatic rings. The Balaban J connectivity index is 2.20. The van der Waals surface area contributed by atoms with Gasteiger partial charge in [0.15, 0.2) is 0 Å². The summed E-state index contributed by atoms with van der Waals surface area (Å²) in [5, 5.41) is 2.13. The number of nitrogens with one attached hydrogen (secondary N) is 1. The van der Waals surface area contributed by atoms with E-state index in [-0.39, 0.29) is 18.8 Å². The zero-order valence-electron chi connectivity index (χ0n) is 9.27. The van der Waals surface area contributed by atoms with Gasteiger partial charge in [0.05, 0.1) is 0 Å². The van der Waals surface area contributed by atoms with Crippen LogP contribution in [0.4, 0.5) is 0 Å². The van der Waals surface area contributed by atoms with Crippen molar-refractivity contribution < 1.29 is 14.4 Å². The lowest BCUT2D eigenvalue weighted by Gasteiger charge is -2.25. The molecule has 2 rings (SSSR count). The average Bonchev–Trinajstić information content (AvgIpc) is 2.26. The maximum Gasteiger partial charge on any atom is 0.273 e. The topological polar surface area (TPSA) is 79.4 Å². The normalized spacial score (nSPS) is 15.7. The number of piperazine rings is 1. The third kappa shape index (κ3) is 2.47. The minimum atomic E-state index is -0.470. The van der Waals surface area contributed by atoms with Crippen LogP contribution >= 0.6 is 0 Å². The van der Waals surface area contributed by atoms with Gasteiger partial charge in [0, 0.05) is 5.69 Å². The van der Waals surface area contributed by atoms with Crippen molar-refractivity contribution in [3.63, 3.8) is 0 Å². The van der Waals surface area contributed by atoms with E-state index in [1.165, 1.54) is 4.90 Å². The molecule has 0 unspecified atom stereocenters. The molecule has 0 aromatic carbocycles. The van der Waals surface area contributed by atoms with Gasteiger partial charge in [-0.2, -0.15) is 0 Å². The van der Waals surface area contributed by atoms with E-state index < -0.39 is 17.7 Å². The Bertz CT molecular complexity index is 482. The lowest BCUT2D eigenvalue weighted by molar-refractivity contribution is -0.135. The van der Waals surface area contributed by atoms with Crippen LogP contribution in [0.15, 0.2) is 18.2 Å². The first kappa shape index (κ1) is 11.3. The zero-order valence-corrected chi connectivity index (χ0v) is 9.27. The number of amides is 3. The second kappa shape index (κ2) is 4.32. The molecule has 0 aliphatic carbocycles. The lowest BCUT2D eigenvalue weighted by atomic mass is 10.2. The Morgan fingerprint density at radius 3 is 2.53 bits per heavy atom. The monoisotopic (exact) mass is 233 g/mol. The van der Waals surface area contributed by atoms with Gasteiger partial charge >= 0.3 is 0 Å². The molecular formula is C11H11N3O3. The zero-order chi connectivity index (χ0) is 12.4. The second-order valence-electron chi connectivity index (χ2n) is 3.80. The third-order valence-electron chi connectivity index (χ3n) is 2.34. The van der Waals surface area contributed by atoms with Gasteiger partial charge in [0.1, 0.15) is 18.8 Å². The molecule has 0 bridgehead atoms. The number of carbonyl (C=O) groups is 3. The molecule has 0 spiro atoms. The van der Waals surface area contributed by atoms with Crippen molar-refractivity contribution in [3.05, 3.63) is 29.6 Å². The molecule has 6 nitrogen and oxygen atoms in total. The molecule has 88 valence electrons. The second-order valence-corrected chi connectivity index (χ2v) is 3.80. The highest BCUT2D eigenvalue weighted by Crippen LogP contribution is 2.05. The number of aromatic nitrogens is 1. The number of imide groups is 1. The summed E-state index contributed by atoms with van der Waals surface area (Å²) < 4.78 is 0. The molecule has 1 fully saturated rings. The lowest BCUT2D eigenvalue weighted by Crippen LogP contribution is -2.53. The van der Waals surface area contributed by atoms with Crippen LogP contribution in [0.1, 0.15) is 16.2 Å². The van der Waals surface area contributed by atoms with E-state index in [0.29, 0.717) is 5.69 Å². The molecule has 6 heteroatoms. The minimum absolute atomic E-state index is 0.111. The number of nitrogens with zero attached hydrogens (tertiary/aromatic N) is 2. The summed E-state index contributed by atoms with van der Waals surface area (Å²) in [6.45, 7) is 1.55. The maximum atomic E-state index is 12.0. The van der Waals surface area contributed by atoms with E-state index in [4.69, 9.17) is 0 Å². The maximum absolute atomic E-state index is 12.0. The highest BCUT2D eigenvalue weighted by atomic mass is 16.2. The highest BCUT2D eigenvalue weighted by Gasteiger charge is 2.27. The van der Waals surface area contributed by atoms with Crippen LogP contribution in [0.3, 0.4) is 0 Å². The number of pyridine rings is 1. The molecule has 1 aromatic rings. The first-order chi connectivity index (χ1) is 8.06. The van der Waals surface area contributed by atoms with Gasteiger partial charge in [0.2, 0.25) is 11.8 Å². The van der Waals surface area contributed by atoms with Gasteiger partial charge in [-0.25, -0.2) is 4.98 Å². The highest BCUT2D eigenvalue weighted by molar-refractivity contribution is 6.05. The first-order valence-electron chi connectivity index (χ1n) is 5.12. The van der Waals surface area contributed by atoms with Crippen molar-refractivity contribution in [3.8, 4) is 0 Å². The van der Waals surface area contributed by atoms with Gasteiger partial charge < -0.3 is 4.90 Å². The van der Waals surface area contributed by atoms with Gasteiger partial charge in [-0.05, 0) is 19.1 Å². The van der Waals surface area contributed by atoms with Crippen molar-refractivity contribution in [2.75, 3.05) is 13.1 Å². The number of hydrogen-bond donors (Lipinski definition) is 1. The van der Waals surface area contributed by atoms with Gasteiger partial charge in [-0.15, -0.1) is 0 Å². The van der Waals surface area contributed by atoms with Crippen LogP contribution in [0.5, 0.6) is 0 Å². The molecule has 3 amide bonds. The van der Waals surface area contributed by atoms with Gasteiger partial charge in [0.25, 0.3) is 5.91 Å². The van der Waals surface area contributed by atoms with Crippen LogP contribution < -0.4 is 5.32 Å². The van der Waals surface area contributed by atoms with E-state index >= 15 is 0 Å². The smallest absolute Gasteiger partial charge is 0.273 e. The molecule has 1 saturated heterocycles. The Kier molecular flexibility index (Phi) is 2.86. The number of carbonyl (C=O) groups excluding carboxylic acids is 3. The molecule has 1 aliphatic heterocycles. The summed E-state index contributed by atoms with van der Waals surface area (Å²) in [5.41, 5.74) is 0.955. The molecule has 0 atom stereocenters. The largest absolute Gasteiger partial charge is 0.319 e. The van der Waals surface area contributed by atoms with E-state index in [9.17, 15) is 14.4 Å². The van der Waals surface area contributed by atoms with Crippen molar-refractivity contribution in [1.82, 2.24) is 15.2 Å². The van der Waals surface area contributed by atoms with Gasteiger partial charge in [-0.1, -0.05) is 6.07 Å². The Morgan fingerprint density at radius 1 is 1.29 bits per heavy atom. The van der Waals surface area contributed by atoms with Crippen LogP contribution in [0.25, 0.3) is 0 Å².